The highest BCUT2D eigenvalue weighted by Gasteiger charge is 2.14. The van der Waals surface area contributed by atoms with Gasteiger partial charge in [-0.1, -0.05) is 60.7 Å². The number of hydrogen-bond donors (Lipinski definition) is 1. The lowest BCUT2D eigenvalue weighted by atomic mass is 9.99. The Labute approximate surface area is 175 Å². The van der Waals surface area contributed by atoms with Crippen molar-refractivity contribution in [2.45, 2.75) is 6.61 Å². The summed E-state index contributed by atoms with van der Waals surface area (Å²) < 4.78 is 11.6. The van der Waals surface area contributed by atoms with Crippen LogP contribution in [0.15, 0.2) is 103 Å². The van der Waals surface area contributed by atoms with Crippen LogP contribution in [0.25, 0.3) is 11.1 Å². The lowest BCUT2D eigenvalue weighted by Gasteiger charge is -2.12. The van der Waals surface area contributed by atoms with Gasteiger partial charge in [-0.15, -0.1) is 0 Å². The zero-order valence-electron chi connectivity index (χ0n) is 16.2. The number of para-hydroxylation sites is 1. The first-order valence-electron chi connectivity index (χ1n) is 9.56. The van der Waals surface area contributed by atoms with E-state index in [1.807, 2.05) is 84.9 Å². The summed E-state index contributed by atoms with van der Waals surface area (Å²) in [6.45, 7) is 0.380. The van der Waals surface area contributed by atoms with Gasteiger partial charge in [0.2, 0.25) is 0 Å². The predicted molar refractivity (Wildman–Crippen MR) is 116 cm³/mol. The SMILES string of the molecule is O=C(O)c1cc(OCc2ccccc2)ccc1-c1ccc(Oc2ccccc2)cc1. The van der Waals surface area contributed by atoms with Crippen molar-refractivity contribution in [3.05, 3.63) is 114 Å². The smallest absolute Gasteiger partial charge is 0.336 e. The van der Waals surface area contributed by atoms with Gasteiger partial charge < -0.3 is 14.6 Å². The average Bonchev–Trinajstić information content (AvgIpc) is 2.79. The Morgan fingerprint density at radius 3 is 1.97 bits per heavy atom. The Kier molecular flexibility index (Phi) is 5.76. The minimum atomic E-state index is -1.00. The van der Waals surface area contributed by atoms with E-state index in [2.05, 4.69) is 0 Å². The monoisotopic (exact) mass is 396 g/mol. The molecule has 0 unspecified atom stereocenters. The molecule has 0 aromatic heterocycles. The number of benzene rings is 4. The molecule has 0 saturated heterocycles. The molecule has 30 heavy (non-hydrogen) atoms. The van der Waals surface area contributed by atoms with Crippen LogP contribution in [0.5, 0.6) is 17.2 Å². The van der Waals surface area contributed by atoms with Crippen LogP contribution >= 0.6 is 0 Å². The summed E-state index contributed by atoms with van der Waals surface area (Å²) in [5.41, 5.74) is 2.63. The van der Waals surface area contributed by atoms with E-state index in [-0.39, 0.29) is 5.56 Å². The maximum atomic E-state index is 11.8. The highest BCUT2D eigenvalue weighted by molar-refractivity contribution is 5.96. The fraction of sp³-hybridized carbons (Fsp3) is 0.0385. The summed E-state index contributed by atoms with van der Waals surface area (Å²) in [4.78, 5) is 11.8. The summed E-state index contributed by atoms with van der Waals surface area (Å²) in [6, 6.07) is 31.7. The lowest BCUT2D eigenvalue weighted by Crippen LogP contribution is -2.02. The summed E-state index contributed by atoms with van der Waals surface area (Å²) in [5.74, 6) is 0.949. The predicted octanol–water partition coefficient (Wildman–Crippen LogP) is 6.42. The van der Waals surface area contributed by atoms with Gasteiger partial charge in [-0.3, -0.25) is 0 Å². The molecule has 0 saturated carbocycles. The van der Waals surface area contributed by atoms with Crippen LogP contribution < -0.4 is 9.47 Å². The van der Waals surface area contributed by atoms with Crippen molar-refractivity contribution in [1.29, 1.82) is 0 Å². The fourth-order valence-electron chi connectivity index (χ4n) is 3.11. The molecule has 4 aromatic carbocycles. The third-order valence-corrected chi connectivity index (χ3v) is 4.61. The summed E-state index contributed by atoms with van der Waals surface area (Å²) >= 11 is 0. The molecule has 0 atom stereocenters. The van der Waals surface area contributed by atoms with Gasteiger partial charge in [0.25, 0.3) is 0 Å². The van der Waals surface area contributed by atoms with Crippen LogP contribution in [-0.4, -0.2) is 11.1 Å². The summed E-state index contributed by atoms with van der Waals surface area (Å²) in [7, 11) is 0. The van der Waals surface area contributed by atoms with Gasteiger partial charge in [0.15, 0.2) is 0 Å². The number of aromatic carboxylic acids is 1. The van der Waals surface area contributed by atoms with Crippen LogP contribution in [0, 0.1) is 0 Å². The number of carbonyl (C=O) groups is 1. The Bertz CT molecular complexity index is 1120. The third kappa shape index (κ3) is 4.67. The van der Waals surface area contributed by atoms with Crippen LogP contribution in [0.3, 0.4) is 0 Å². The van der Waals surface area contributed by atoms with Gasteiger partial charge in [0.1, 0.15) is 23.9 Å². The molecule has 0 aliphatic carbocycles. The van der Waals surface area contributed by atoms with E-state index in [0.29, 0.717) is 23.7 Å². The molecule has 0 heterocycles. The van der Waals surface area contributed by atoms with Gasteiger partial charge in [0.05, 0.1) is 5.56 Å². The second-order valence-corrected chi connectivity index (χ2v) is 6.73. The molecule has 0 fully saturated rings. The van der Waals surface area contributed by atoms with Crippen molar-refractivity contribution >= 4 is 5.97 Å². The molecule has 4 aromatic rings. The molecule has 0 aliphatic rings. The molecule has 0 aliphatic heterocycles. The van der Waals surface area contributed by atoms with E-state index in [0.717, 1.165) is 16.9 Å². The zero-order valence-corrected chi connectivity index (χ0v) is 16.2. The zero-order chi connectivity index (χ0) is 20.8. The Morgan fingerprint density at radius 2 is 1.30 bits per heavy atom. The number of hydrogen-bond acceptors (Lipinski definition) is 3. The van der Waals surface area contributed by atoms with Crippen LogP contribution in [0.4, 0.5) is 0 Å². The second-order valence-electron chi connectivity index (χ2n) is 6.73. The molecular weight excluding hydrogens is 376 g/mol. The minimum absolute atomic E-state index is 0.192. The fourth-order valence-corrected chi connectivity index (χ4v) is 3.11. The van der Waals surface area contributed by atoms with Crippen molar-refractivity contribution in [3.63, 3.8) is 0 Å². The highest BCUT2D eigenvalue weighted by atomic mass is 16.5. The lowest BCUT2D eigenvalue weighted by molar-refractivity contribution is 0.0697. The molecule has 0 radical (unpaired) electrons. The van der Waals surface area contributed by atoms with Crippen LogP contribution in [-0.2, 0) is 6.61 Å². The van der Waals surface area contributed by atoms with E-state index < -0.39 is 5.97 Å². The van der Waals surface area contributed by atoms with Gasteiger partial charge in [0, 0.05) is 0 Å². The van der Waals surface area contributed by atoms with Crippen molar-refractivity contribution in [3.8, 4) is 28.4 Å². The first-order valence-corrected chi connectivity index (χ1v) is 9.56. The summed E-state index contributed by atoms with van der Waals surface area (Å²) in [5, 5.41) is 9.71. The van der Waals surface area contributed by atoms with E-state index in [9.17, 15) is 9.90 Å². The first-order chi connectivity index (χ1) is 14.7. The van der Waals surface area contributed by atoms with E-state index in [1.165, 1.54) is 0 Å². The number of ether oxygens (including phenoxy) is 2. The normalized spacial score (nSPS) is 10.4. The summed E-state index contributed by atoms with van der Waals surface area (Å²) in [6.07, 6.45) is 0. The van der Waals surface area contributed by atoms with Gasteiger partial charge in [-0.2, -0.15) is 0 Å². The number of carboxylic acids is 1. The Hall–Kier alpha value is -4.05. The van der Waals surface area contributed by atoms with E-state index >= 15 is 0 Å². The Balaban J connectivity index is 1.53. The van der Waals surface area contributed by atoms with Gasteiger partial charge in [-0.25, -0.2) is 4.79 Å². The molecular formula is C26H20O4. The largest absolute Gasteiger partial charge is 0.489 e. The maximum Gasteiger partial charge on any atom is 0.336 e. The van der Waals surface area contributed by atoms with Crippen molar-refractivity contribution in [1.82, 2.24) is 0 Å². The molecule has 1 N–H and O–H groups in total. The molecule has 148 valence electrons. The van der Waals surface area contributed by atoms with Gasteiger partial charge >= 0.3 is 5.97 Å². The van der Waals surface area contributed by atoms with Crippen LogP contribution in [0.2, 0.25) is 0 Å². The average molecular weight is 396 g/mol. The first kappa shape index (κ1) is 19.3. The molecule has 0 amide bonds. The minimum Gasteiger partial charge on any atom is -0.489 e. The van der Waals surface area contributed by atoms with Crippen molar-refractivity contribution < 1.29 is 19.4 Å². The number of rotatable bonds is 7. The third-order valence-electron chi connectivity index (χ3n) is 4.61. The Morgan fingerprint density at radius 1 is 0.700 bits per heavy atom. The van der Waals surface area contributed by atoms with Crippen molar-refractivity contribution in [2.75, 3.05) is 0 Å². The molecule has 0 spiro atoms. The molecule has 4 heteroatoms. The van der Waals surface area contributed by atoms with E-state index in [1.54, 1.807) is 18.2 Å². The molecule has 4 nitrogen and oxygen atoms in total. The highest BCUT2D eigenvalue weighted by Crippen LogP contribution is 2.30. The van der Waals surface area contributed by atoms with Crippen molar-refractivity contribution in [2.24, 2.45) is 0 Å². The van der Waals surface area contributed by atoms with E-state index in [4.69, 9.17) is 9.47 Å². The quantitative estimate of drug-likeness (QED) is 0.391. The number of carboxylic acid groups (broad SMARTS) is 1. The topological polar surface area (TPSA) is 55.8 Å². The maximum absolute atomic E-state index is 11.8. The van der Waals surface area contributed by atoms with Crippen LogP contribution in [0.1, 0.15) is 15.9 Å². The van der Waals surface area contributed by atoms with Gasteiger partial charge in [-0.05, 0) is 59.2 Å². The second kappa shape index (κ2) is 8.97. The standard InChI is InChI=1S/C26H20O4/c27-26(28)25-17-23(29-18-19-7-3-1-4-8-19)15-16-24(25)20-11-13-22(14-12-20)30-21-9-5-2-6-10-21/h1-17H,18H2,(H,27,28). The molecule has 4 rings (SSSR count). The molecule has 0 bridgehead atoms.